The predicted octanol–water partition coefficient (Wildman–Crippen LogP) is 1.26. The number of phenols is 1. The lowest BCUT2D eigenvalue weighted by atomic mass is 9.88. The Hall–Kier alpha value is -5.36. The molecule has 0 aliphatic carbocycles. The number of nitrogens with one attached hydrogen (secondary N) is 3. The maximum Gasteiger partial charge on any atom is 0.329 e. The van der Waals surface area contributed by atoms with Crippen molar-refractivity contribution in [2.45, 2.75) is 37.4 Å². The number of amides is 4. The number of phenolic OH excluding ortho intramolecular Hbond substituents is 1. The zero-order valence-corrected chi connectivity index (χ0v) is 27.3. The van der Waals surface area contributed by atoms with Crippen molar-refractivity contribution in [3.05, 3.63) is 64.3 Å². The van der Waals surface area contributed by atoms with Gasteiger partial charge in [0.1, 0.15) is 30.2 Å². The first-order valence-electron chi connectivity index (χ1n) is 15.7. The SMILES string of the molecule is Cn1c(=O)n(C2CCC(=O)NC2=O)c2ccc([C@H]3CN(CC(=O)Nc4ccc5c(F)c(N6CC(=O)NS6(=O)=O)c(O)cc5c4)CCC3F)cc21. The molecule has 0 bridgehead atoms. The van der Waals surface area contributed by atoms with Crippen molar-refractivity contribution in [2.24, 2.45) is 7.05 Å². The molecule has 1 aromatic heterocycles. The highest BCUT2D eigenvalue weighted by molar-refractivity contribution is 7.92. The van der Waals surface area contributed by atoms with Gasteiger partial charge in [-0.15, -0.1) is 0 Å². The number of carbonyl (C=O) groups excluding carboxylic acids is 4. The van der Waals surface area contributed by atoms with Gasteiger partial charge in [0.05, 0.1) is 17.6 Å². The van der Waals surface area contributed by atoms with Crippen LogP contribution in [-0.4, -0.2) is 83.5 Å². The van der Waals surface area contributed by atoms with E-state index in [9.17, 15) is 37.5 Å². The number of fused-ring (bicyclic) bond motifs is 2. The van der Waals surface area contributed by atoms with Crippen LogP contribution in [0, 0.1) is 5.82 Å². The lowest BCUT2D eigenvalue weighted by molar-refractivity contribution is -0.135. The molecule has 3 saturated heterocycles. The average Bonchev–Trinajstić information content (AvgIpc) is 3.46. The van der Waals surface area contributed by atoms with Crippen LogP contribution in [0.25, 0.3) is 21.8 Å². The lowest BCUT2D eigenvalue weighted by Gasteiger charge is -2.35. The number of aromatic hydroxyl groups is 1. The number of aromatic nitrogens is 2. The van der Waals surface area contributed by atoms with Gasteiger partial charge in [0.2, 0.25) is 17.7 Å². The summed E-state index contributed by atoms with van der Waals surface area (Å²) >= 11 is 0. The molecule has 0 spiro atoms. The van der Waals surface area contributed by atoms with Crippen LogP contribution in [0.2, 0.25) is 0 Å². The summed E-state index contributed by atoms with van der Waals surface area (Å²) < 4.78 is 60.2. The second-order valence-corrected chi connectivity index (χ2v) is 14.2. The Kier molecular flexibility index (Phi) is 8.09. The maximum atomic E-state index is 15.4. The quantitative estimate of drug-likeness (QED) is 0.213. The fraction of sp³-hybridized carbons (Fsp3) is 0.344. The molecule has 4 N–H and O–H groups in total. The monoisotopic (exact) mass is 711 g/mol. The fourth-order valence-corrected chi connectivity index (χ4v) is 8.16. The van der Waals surface area contributed by atoms with Gasteiger partial charge in [-0.05, 0) is 60.2 Å². The lowest BCUT2D eigenvalue weighted by Crippen LogP contribution is -2.44. The Labute approximate surface area is 282 Å². The van der Waals surface area contributed by atoms with E-state index in [0.29, 0.717) is 27.4 Å². The van der Waals surface area contributed by atoms with Gasteiger partial charge in [0.25, 0.3) is 5.91 Å². The smallest absolute Gasteiger partial charge is 0.329 e. The molecule has 15 nitrogen and oxygen atoms in total. The van der Waals surface area contributed by atoms with Gasteiger partial charge in [-0.1, -0.05) is 6.07 Å². The number of alkyl halides is 1. The van der Waals surface area contributed by atoms with Crippen LogP contribution in [0.4, 0.5) is 20.2 Å². The summed E-state index contributed by atoms with van der Waals surface area (Å²) in [4.78, 5) is 63.9. The summed E-state index contributed by atoms with van der Waals surface area (Å²) in [5, 5.41) is 15.6. The molecule has 3 aromatic carbocycles. The number of hydrogen-bond donors (Lipinski definition) is 4. The van der Waals surface area contributed by atoms with E-state index < -0.39 is 81.5 Å². The van der Waals surface area contributed by atoms with Gasteiger partial charge in [-0.25, -0.2) is 22.6 Å². The van der Waals surface area contributed by atoms with Gasteiger partial charge in [0, 0.05) is 43.5 Å². The van der Waals surface area contributed by atoms with E-state index in [1.807, 2.05) is 0 Å². The van der Waals surface area contributed by atoms with Gasteiger partial charge in [-0.2, -0.15) is 8.42 Å². The molecular formula is C32H31F2N7O8S. The summed E-state index contributed by atoms with van der Waals surface area (Å²) in [5.74, 6) is -4.67. The third kappa shape index (κ3) is 5.73. The molecule has 262 valence electrons. The van der Waals surface area contributed by atoms with E-state index in [0.717, 1.165) is 6.07 Å². The zero-order chi connectivity index (χ0) is 35.6. The number of likely N-dealkylation sites (tertiary alicyclic amines) is 1. The van der Waals surface area contributed by atoms with Crippen LogP contribution < -0.4 is 25.4 Å². The predicted molar refractivity (Wildman–Crippen MR) is 176 cm³/mol. The van der Waals surface area contributed by atoms with E-state index in [-0.39, 0.29) is 48.8 Å². The maximum absolute atomic E-state index is 15.4. The molecule has 0 saturated carbocycles. The highest BCUT2D eigenvalue weighted by Crippen LogP contribution is 2.39. The second-order valence-electron chi connectivity index (χ2n) is 12.7. The minimum atomic E-state index is -4.38. The number of imidazole rings is 1. The van der Waals surface area contributed by atoms with Crippen molar-refractivity contribution in [1.29, 1.82) is 0 Å². The Morgan fingerprint density at radius 3 is 2.54 bits per heavy atom. The standard InChI is InChI=1S/C32H31F2N7O8S/c1-38-24-11-16(2-5-22(24)41(32(38)47)23-6-7-26(43)36-31(23)46)20-13-39(9-8-21(20)33)14-27(44)35-18-3-4-19-17(10-18)12-25(42)30(29(19)34)40-15-28(45)37-50(40,48)49/h2-5,10-12,20-21,23,42H,6-9,13-15H2,1H3,(H,35,44)(H,37,45)(H,36,43,46)/t20-,21?,23?/m1/s1. The van der Waals surface area contributed by atoms with Crippen LogP contribution in [0.1, 0.15) is 36.8 Å². The number of anilines is 2. The number of benzene rings is 3. The van der Waals surface area contributed by atoms with Gasteiger partial charge >= 0.3 is 15.9 Å². The summed E-state index contributed by atoms with van der Waals surface area (Å²) in [5.41, 5.74) is 0.744. The molecule has 3 aliphatic heterocycles. The molecule has 7 rings (SSSR count). The zero-order valence-electron chi connectivity index (χ0n) is 26.5. The van der Waals surface area contributed by atoms with Gasteiger partial charge in [0.15, 0.2) is 5.82 Å². The van der Waals surface area contributed by atoms with Crippen molar-refractivity contribution < 1.29 is 41.5 Å². The topological polar surface area (TPSA) is 192 Å². The molecule has 4 heterocycles. The Bertz CT molecular complexity index is 2310. The van der Waals surface area contributed by atoms with Gasteiger partial charge < -0.3 is 10.4 Å². The summed E-state index contributed by atoms with van der Waals surface area (Å²) in [6.07, 6.45) is -0.787. The van der Waals surface area contributed by atoms with Gasteiger partial charge in [-0.3, -0.25) is 38.5 Å². The molecule has 3 fully saturated rings. The fourth-order valence-electron chi connectivity index (χ4n) is 6.99. The largest absolute Gasteiger partial charge is 0.506 e. The highest BCUT2D eigenvalue weighted by atomic mass is 32.2. The molecule has 18 heteroatoms. The molecule has 4 amide bonds. The van der Waals surface area contributed by atoms with E-state index in [1.165, 1.54) is 27.3 Å². The third-order valence-corrected chi connectivity index (χ3v) is 10.8. The van der Waals surface area contributed by atoms with E-state index in [1.54, 1.807) is 34.9 Å². The second kappa shape index (κ2) is 12.2. The van der Waals surface area contributed by atoms with Crippen molar-refractivity contribution >= 4 is 67.0 Å². The molecule has 50 heavy (non-hydrogen) atoms. The average molecular weight is 712 g/mol. The van der Waals surface area contributed by atoms with Crippen LogP contribution in [0.5, 0.6) is 5.75 Å². The highest BCUT2D eigenvalue weighted by Gasteiger charge is 2.38. The first-order chi connectivity index (χ1) is 23.7. The molecule has 3 aliphatic rings. The Morgan fingerprint density at radius 2 is 1.82 bits per heavy atom. The van der Waals surface area contributed by atoms with E-state index in [2.05, 4.69) is 10.6 Å². The Balaban J connectivity index is 1.06. The number of hydrogen-bond acceptors (Lipinski definition) is 9. The minimum absolute atomic E-state index is 0.0554. The number of halogens is 2. The van der Waals surface area contributed by atoms with Crippen LogP contribution >= 0.6 is 0 Å². The Morgan fingerprint density at radius 1 is 1.04 bits per heavy atom. The van der Waals surface area contributed by atoms with Crippen molar-refractivity contribution in [2.75, 3.05) is 35.8 Å². The molecule has 0 radical (unpaired) electrons. The minimum Gasteiger partial charge on any atom is -0.506 e. The molecular weight excluding hydrogens is 680 g/mol. The number of aryl methyl sites for hydroxylation is 1. The number of rotatable bonds is 6. The summed E-state index contributed by atoms with van der Waals surface area (Å²) in [7, 11) is -2.82. The number of nitrogens with zero attached hydrogens (tertiary/aromatic N) is 4. The van der Waals surface area contributed by atoms with Crippen LogP contribution in [0.15, 0.2) is 47.3 Å². The summed E-state index contributed by atoms with van der Waals surface area (Å²) in [6.45, 7) is -0.300. The molecule has 4 aromatic rings. The first-order valence-corrected chi connectivity index (χ1v) is 17.1. The van der Waals surface area contributed by atoms with Crippen molar-refractivity contribution in [3.8, 4) is 5.75 Å². The van der Waals surface area contributed by atoms with E-state index >= 15 is 8.78 Å². The summed E-state index contributed by atoms with van der Waals surface area (Å²) in [6, 6.07) is 9.47. The van der Waals surface area contributed by atoms with Crippen LogP contribution in [0.3, 0.4) is 0 Å². The molecule has 2 unspecified atom stereocenters. The first kappa shape index (κ1) is 33.2. The van der Waals surface area contributed by atoms with E-state index in [4.69, 9.17) is 0 Å². The van der Waals surface area contributed by atoms with Crippen LogP contribution in [-0.2, 0) is 36.4 Å². The van der Waals surface area contributed by atoms with Crippen molar-refractivity contribution in [3.63, 3.8) is 0 Å². The van der Waals surface area contributed by atoms with Crippen molar-refractivity contribution in [1.82, 2.24) is 24.1 Å². The molecule has 3 atom stereocenters. The normalized spacial score (nSPS) is 22.6. The number of piperidine rings is 2. The number of imide groups is 1. The number of carbonyl (C=O) groups is 4. The third-order valence-electron chi connectivity index (χ3n) is 9.43.